The molecule has 0 spiro atoms. The molecular weight excluding hydrogens is 244 g/mol. The van der Waals surface area contributed by atoms with Crippen molar-refractivity contribution in [3.63, 3.8) is 0 Å². The van der Waals surface area contributed by atoms with Crippen LogP contribution < -0.4 is 15.1 Å². The van der Waals surface area contributed by atoms with Crippen LogP contribution in [0.3, 0.4) is 0 Å². The first-order valence-corrected chi connectivity index (χ1v) is 5.77. The van der Waals surface area contributed by atoms with Crippen molar-refractivity contribution >= 4 is 12.1 Å². The zero-order valence-electron chi connectivity index (χ0n) is 10.5. The first-order chi connectivity index (χ1) is 9.15. The summed E-state index contributed by atoms with van der Waals surface area (Å²) in [6.45, 7) is 2.06. The van der Waals surface area contributed by atoms with Gasteiger partial charge in [-0.25, -0.2) is 15.0 Å². The number of aryl methyl sites for hydroxylation is 1. The minimum absolute atomic E-state index is 0.0891. The summed E-state index contributed by atoms with van der Waals surface area (Å²) in [6.07, 6.45) is 4.97. The van der Waals surface area contributed by atoms with Crippen molar-refractivity contribution in [3.05, 3.63) is 48.0 Å². The third-order valence-corrected chi connectivity index (χ3v) is 2.55. The van der Waals surface area contributed by atoms with Gasteiger partial charge in [-0.3, -0.25) is 4.79 Å². The van der Waals surface area contributed by atoms with E-state index < -0.39 is 0 Å². The van der Waals surface area contributed by atoms with Crippen molar-refractivity contribution < 1.29 is 14.5 Å². The number of nitrogens with one attached hydrogen (secondary N) is 2. The minimum atomic E-state index is -0.234. The predicted octanol–water partition coefficient (Wildman–Crippen LogP) is -0.165. The third-order valence-electron chi connectivity index (χ3n) is 2.55. The summed E-state index contributed by atoms with van der Waals surface area (Å²) in [5.74, 6) is 0.564. The number of hydrogen-bond donors (Lipinski definition) is 2. The fourth-order valence-corrected chi connectivity index (χ4v) is 1.58. The minimum Gasteiger partial charge on any atom is -0.872 e. The summed E-state index contributed by atoms with van der Waals surface area (Å²) in [6, 6.07) is 6.29. The Balaban J connectivity index is 1.88. The summed E-state index contributed by atoms with van der Waals surface area (Å²) in [5, 5.41) is 14.9. The van der Waals surface area contributed by atoms with E-state index >= 15 is 0 Å². The number of carbonyl (C=O) groups is 1. The largest absolute Gasteiger partial charge is 0.872 e. The number of benzene rings is 1. The van der Waals surface area contributed by atoms with E-state index in [1.54, 1.807) is 29.1 Å². The van der Waals surface area contributed by atoms with Crippen LogP contribution in [0, 0.1) is 6.92 Å². The number of carbonyl (C=O) groups excluding carboxylic acids is 1. The Labute approximate surface area is 110 Å². The summed E-state index contributed by atoms with van der Waals surface area (Å²) in [5.41, 5.74) is 3.06. The second kappa shape index (κ2) is 5.81. The van der Waals surface area contributed by atoms with Gasteiger partial charge in [0.2, 0.25) is 0 Å². The van der Waals surface area contributed by atoms with Gasteiger partial charge in [-0.15, -0.1) is 5.75 Å². The maximum Gasteiger partial charge on any atom is 0.282 e. The average Bonchev–Trinajstić information content (AvgIpc) is 2.75. The number of amides is 1. The standard InChI is InChI=1S/C13H14N4O2/c1-10-14-5-6-17(10)9-13(19)16-15-8-11-3-2-4-12(18)7-11/h2-8H,9H2,1H3,(H2,16,18,19). The summed E-state index contributed by atoms with van der Waals surface area (Å²) >= 11 is 0. The zero-order valence-corrected chi connectivity index (χ0v) is 10.5. The molecule has 1 aromatic carbocycles. The number of H-pyrrole nitrogens is 1. The quantitative estimate of drug-likeness (QED) is 0.453. The Bertz CT molecular complexity index is 604. The van der Waals surface area contributed by atoms with Gasteiger partial charge >= 0.3 is 0 Å². The lowest BCUT2D eigenvalue weighted by Crippen LogP contribution is -2.42. The molecule has 0 aliphatic rings. The first-order valence-electron chi connectivity index (χ1n) is 5.77. The molecule has 0 bridgehead atoms. The van der Waals surface area contributed by atoms with Crippen LogP contribution in [0.1, 0.15) is 11.4 Å². The lowest BCUT2D eigenvalue weighted by atomic mass is 10.2. The van der Waals surface area contributed by atoms with Gasteiger partial charge in [0.15, 0.2) is 6.54 Å². The van der Waals surface area contributed by atoms with Gasteiger partial charge in [0.05, 0.1) is 6.21 Å². The summed E-state index contributed by atoms with van der Waals surface area (Å²) < 4.78 is 1.77. The van der Waals surface area contributed by atoms with E-state index in [1.807, 2.05) is 6.92 Å². The molecule has 0 fully saturated rings. The van der Waals surface area contributed by atoms with Crippen LogP contribution in [0.5, 0.6) is 5.75 Å². The fourth-order valence-electron chi connectivity index (χ4n) is 1.58. The number of aromatic amines is 1. The molecule has 2 rings (SSSR count). The molecular formula is C13H14N4O2. The molecule has 0 saturated heterocycles. The van der Waals surface area contributed by atoms with Gasteiger partial charge in [-0.1, -0.05) is 24.3 Å². The van der Waals surface area contributed by atoms with Crippen LogP contribution in [0.25, 0.3) is 0 Å². The molecule has 2 N–H and O–H groups in total. The number of imidazole rings is 1. The highest BCUT2D eigenvalue weighted by Crippen LogP contribution is 2.05. The molecule has 0 atom stereocenters. The first kappa shape index (κ1) is 12.8. The molecule has 19 heavy (non-hydrogen) atoms. The summed E-state index contributed by atoms with van der Waals surface area (Å²) in [7, 11) is 0. The molecule has 6 nitrogen and oxygen atoms in total. The van der Waals surface area contributed by atoms with Gasteiger partial charge in [-0.05, 0) is 5.56 Å². The second-order valence-electron chi connectivity index (χ2n) is 4.04. The van der Waals surface area contributed by atoms with Gasteiger partial charge < -0.3 is 5.11 Å². The molecule has 1 amide bonds. The normalized spacial score (nSPS) is 10.8. The molecule has 0 unspecified atom stereocenters. The van der Waals surface area contributed by atoms with E-state index in [4.69, 9.17) is 0 Å². The van der Waals surface area contributed by atoms with E-state index in [-0.39, 0.29) is 18.2 Å². The maximum atomic E-state index is 11.6. The molecule has 0 radical (unpaired) electrons. The lowest BCUT2D eigenvalue weighted by molar-refractivity contribution is -0.689. The van der Waals surface area contributed by atoms with Crippen LogP contribution in [0.15, 0.2) is 41.8 Å². The van der Waals surface area contributed by atoms with Crippen molar-refractivity contribution in [1.29, 1.82) is 0 Å². The topological polar surface area (TPSA) is 84.2 Å². The Morgan fingerprint density at radius 3 is 3.11 bits per heavy atom. The van der Waals surface area contributed by atoms with Crippen molar-refractivity contribution in [2.24, 2.45) is 5.10 Å². The summed E-state index contributed by atoms with van der Waals surface area (Å²) in [4.78, 5) is 14.6. The molecule has 0 aliphatic heterocycles. The van der Waals surface area contributed by atoms with Crippen LogP contribution in [-0.4, -0.2) is 17.1 Å². The van der Waals surface area contributed by atoms with Crippen LogP contribution in [-0.2, 0) is 11.3 Å². The Morgan fingerprint density at radius 2 is 2.42 bits per heavy atom. The zero-order chi connectivity index (χ0) is 13.7. The monoisotopic (exact) mass is 258 g/mol. The van der Waals surface area contributed by atoms with Crippen LogP contribution in [0.2, 0.25) is 0 Å². The average molecular weight is 258 g/mol. The van der Waals surface area contributed by atoms with E-state index in [0.717, 1.165) is 5.82 Å². The highest BCUT2D eigenvalue weighted by molar-refractivity contribution is 5.82. The number of hydrazone groups is 1. The smallest absolute Gasteiger partial charge is 0.282 e. The Morgan fingerprint density at radius 1 is 1.58 bits per heavy atom. The van der Waals surface area contributed by atoms with Crippen LogP contribution in [0.4, 0.5) is 0 Å². The van der Waals surface area contributed by atoms with E-state index in [0.29, 0.717) is 5.56 Å². The lowest BCUT2D eigenvalue weighted by Gasteiger charge is -2.03. The number of hydrogen-bond acceptors (Lipinski definition) is 3. The Kier molecular flexibility index (Phi) is 3.92. The second-order valence-corrected chi connectivity index (χ2v) is 4.04. The number of rotatable bonds is 4. The van der Waals surface area contributed by atoms with E-state index in [2.05, 4.69) is 15.5 Å². The molecule has 1 aromatic heterocycles. The number of aromatic nitrogens is 2. The van der Waals surface area contributed by atoms with Crippen molar-refractivity contribution in [2.45, 2.75) is 13.5 Å². The van der Waals surface area contributed by atoms with Crippen LogP contribution >= 0.6 is 0 Å². The fraction of sp³-hybridized carbons (Fsp3) is 0.154. The number of nitrogens with zero attached hydrogens (tertiary/aromatic N) is 2. The van der Waals surface area contributed by atoms with Crippen molar-refractivity contribution in [2.75, 3.05) is 0 Å². The van der Waals surface area contributed by atoms with E-state index in [1.165, 1.54) is 18.3 Å². The molecule has 2 aromatic rings. The molecule has 0 saturated carbocycles. The molecule has 1 heterocycles. The molecule has 0 aliphatic carbocycles. The van der Waals surface area contributed by atoms with Gasteiger partial charge in [0.1, 0.15) is 12.4 Å². The van der Waals surface area contributed by atoms with E-state index in [9.17, 15) is 9.90 Å². The third kappa shape index (κ3) is 3.67. The SMILES string of the molecule is Cc1[nH]cc[n+]1CC(=O)NN=Cc1cccc([O-])c1. The highest BCUT2D eigenvalue weighted by atomic mass is 16.3. The van der Waals surface area contributed by atoms with Gasteiger partial charge in [0.25, 0.3) is 11.7 Å². The Hall–Kier alpha value is -2.63. The predicted molar refractivity (Wildman–Crippen MR) is 67.3 cm³/mol. The van der Waals surface area contributed by atoms with Gasteiger partial charge in [0, 0.05) is 6.92 Å². The molecule has 6 heteroatoms. The molecule has 98 valence electrons. The maximum absolute atomic E-state index is 11.6. The highest BCUT2D eigenvalue weighted by Gasteiger charge is 2.09. The van der Waals surface area contributed by atoms with Gasteiger partial charge in [-0.2, -0.15) is 5.10 Å². The van der Waals surface area contributed by atoms with Crippen molar-refractivity contribution in [3.8, 4) is 5.75 Å². The van der Waals surface area contributed by atoms with Crippen molar-refractivity contribution in [1.82, 2.24) is 10.4 Å².